The van der Waals surface area contributed by atoms with Crippen molar-refractivity contribution in [3.05, 3.63) is 59.7 Å². The minimum absolute atomic E-state index is 0.111. The highest BCUT2D eigenvalue weighted by Gasteiger charge is 2.00. The lowest BCUT2D eigenvalue weighted by Crippen LogP contribution is -2.22. The Bertz CT molecular complexity index is 694. The Morgan fingerprint density at radius 1 is 1.17 bits per heavy atom. The molecular weight excluding hydrogens is 292 g/mol. The molecule has 2 aromatic rings. The summed E-state index contributed by atoms with van der Waals surface area (Å²) >= 11 is 0. The Morgan fingerprint density at radius 3 is 2.57 bits per heavy atom. The van der Waals surface area contributed by atoms with E-state index in [2.05, 4.69) is 17.5 Å². The van der Waals surface area contributed by atoms with Crippen LogP contribution in [0, 0.1) is 0 Å². The van der Waals surface area contributed by atoms with Crippen molar-refractivity contribution in [2.24, 2.45) is 5.10 Å². The third-order valence-electron chi connectivity index (χ3n) is 3.20. The number of rotatable bonds is 7. The van der Waals surface area contributed by atoms with Crippen molar-refractivity contribution in [2.75, 3.05) is 12.0 Å². The summed E-state index contributed by atoms with van der Waals surface area (Å²) in [4.78, 5) is 10.8. The van der Waals surface area contributed by atoms with Crippen LogP contribution in [-0.4, -0.2) is 18.3 Å². The molecule has 0 saturated carbocycles. The van der Waals surface area contributed by atoms with E-state index in [9.17, 15) is 9.90 Å². The first-order chi connectivity index (χ1) is 11.1. The fraction of sp³-hybridized carbons (Fsp3) is 0.222. The van der Waals surface area contributed by atoms with Gasteiger partial charge in [-0.1, -0.05) is 19.1 Å². The molecule has 1 N–H and O–H groups in total. The first-order valence-electron chi connectivity index (χ1n) is 7.45. The molecular formula is C18H19N2O3-. The number of anilines is 1. The van der Waals surface area contributed by atoms with E-state index in [4.69, 9.17) is 4.74 Å². The molecule has 23 heavy (non-hydrogen) atoms. The number of nitrogens with one attached hydrogen (secondary N) is 1. The van der Waals surface area contributed by atoms with E-state index in [0.29, 0.717) is 12.3 Å². The van der Waals surface area contributed by atoms with Gasteiger partial charge in [0.25, 0.3) is 0 Å². The summed E-state index contributed by atoms with van der Waals surface area (Å²) in [6, 6.07) is 14.0. The first kappa shape index (κ1) is 16.5. The fourth-order valence-electron chi connectivity index (χ4n) is 1.94. The van der Waals surface area contributed by atoms with Crippen LogP contribution in [0.15, 0.2) is 53.6 Å². The number of hydrogen-bond donors (Lipinski definition) is 1. The molecule has 0 saturated heterocycles. The van der Waals surface area contributed by atoms with Gasteiger partial charge in [-0.25, -0.2) is 0 Å². The second kappa shape index (κ2) is 7.98. The third-order valence-corrected chi connectivity index (χ3v) is 3.20. The van der Waals surface area contributed by atoms with E-state index in [-0.39, 0.29) is 5.56 Å². The number of hydrogen-bond acceptors (Lipinski definition) is 5. The van der Waals surface area contributed by atoms with E-state index in [1.54, 1.807) is 12.1 Å². The molecule has 0 radical (unpaired) electrons. The maximum absolute atomic E-state index is 10.8. The molecule has 0 fully saturated rings. The highest BCUT2D eigenvalue weighted by atomic mass is 16.5. The normalized spacial score (nSPS) is 11.1. The van der Waals surface area contributed by atoms with Gasteiger partial charge in [-0.05, 0) is 60.9 Å². The summed E-state index contributed by atoms with van der Waals surface area (Å²) < 4.78 is 5.54. The standard InChI is InChI=1S/C18H20N2O3/c1-3-11-23-17-9-7-14(8-10-17)13(2)19-20-16-6-4-5-15(12-16)18(21)22/h4-10,12,20H,3,11H2,1-2H3,(H,21,22)/p-1/b19-13-. The molecule has 120 valence electrons. The van der Waals surface area contributed by atoms with Gasteiger partial charge >= 0.3 is 0 Å². The average molecular weight is 311 g/mol. The Kier molecular flexibility index (Phi) is 5.74. The molecule has 0 amide bonds. The number of carbonyl (C=O) groups excluding carboxylic acids is 1. The van der Waals surface area contributed by atoms with Crippen molar-refractivity contribution in [1.82, 2.24) is 0 Å². The van der Waals surface area contributed by atoms with E-state index >= 15 is 0 Å². The Labute approximate surface area is 135 Å². The summed E-state index contributed by atoms with van der Waals surface area (Å²) in [5, 5.41) is 15.1. The van der Waals surface area contributed by atoms with Crippen LogP contribution in [0.1, 0.15) is 36.2 Å². The smallest absolute Gasteiger partial charge is 0.119 e. The van der Waals surface area contributed by atoms with Crippen LogP contribution in [0.2, 0.25) is 0 Å². The maximum Gasteiger partial charge on any atom is 0.119 e. The van der Waals surface area contributed by atoms with Gasteiger partial charge in [0.1, 0.15) is 5.75 Å². The minimum atomic E-state index is -1.21. The molecule has 5 heteroatoms. The van der Waals surface area contributed by atoms with Crippen LogP contribution in [0.25, 0.3) is 0 Å². The van der Waals surface area contributed by atoms with Crippen LogP contribution in [-0.2, 0) is 0 Å². The SMILES string of the molecule is CCCOc1ccc(/C(C)=N\Nc2cccc(C(=O)[O-])c2)cc1. The number of ether oxygens (including phenoxy) is 1. The van der Waals surface area contributed by atoms with Gasteiger partial charge in [0.2, 0.25) is 0 Å². The zero-order valence-electron chi connectivity index (χ0n) is 13.2. The predicted octanol–water partition coefficient (Wildman–Crippen LogP) is 2.68. The minimum Gasteiger partial charge on any atom is -0.545 e. The van der Waals surface area contributed by atoms with Crippen molar-refractivity contribution in [1.29, 1.82) is 0 Å². The van der Waals surface area contributed by atoms with E-state index in [0.717, 1.165) is 23.4 Å². The number of benzene rings is 2. The molecule has 0 bridgehead atoms. The van der Waals surface area contributed by atoms with E-state index in [1.807, 2.05) is 31.2 Å². The quantitative estimate of drug-likeness (QED) is 0.630. The molecule has 0 aliphatic carbocycles. The van der Waals surface area contributed by atoms with Gasteiger partial charge in [0.15, 0.2) is 0 Å². The summed E-state index contributed by atoms with van der Waals surface area (Å²) in [6.45, 7) is 4.63. The average Bonchev–Trinajstić information content (AvgIpc) is 2.58. The van der Waals surface area contributed by atoms with Gasteiger partial charge < -0.3 is 14.6 Å². The molecule has 0 aliphatic rings. The Balaban J connectivity index is 2.04. The van der Waals surface area contributed by atoms with Crippen molar-refractivity contribution in [3.8, 4) is 5.75 Å². The fourth-order valence-corrected chi connectivity index (χ4v) is 1.94. The summed E-state index contributed by atoms with van der Waals surface area (Å²) in [5.74, 6) is -0.380. The molecule has 0 spiro atoms. The molecule has 2 rings (SSSR count). The van der Waals surface area contributed by atoms with Crippen LogP contribution < -0.4 is 15.3 Å². The summed E-state index contributed by atoms with van der Waals surface area (Å²) in [6.07, 6.45) is 0.969. The number of hydrazone groups is 1. The van der Waals surface area contributed by atoms with Crippen molar-refractivity contribution < 1.29 is 14.6 Å². The molecule has 0 aromatic heterocycles. The summed E-state index contributed by atoms with van der Waals surface area (Å²) in [7, 11) is 0. The Morgan fingerprint density at radius 2 is 1.91 bits per heavy atom. The lowest BCUT2D eigenvalue weighted by atomic mass is 10.1. The molecule has 0 heterocycles. The van der Waals surface area contributed by atoms with Crippen LogP contribution in [0.4, 0.5) is 5.69 Å². The highest BCUT2D eigenvalue weighted by Crippen LogP contribution is 2.14. The topological polar surface area (TPSA) is 73.8 Å². The zero-order chi connectivity index (χ0) is 16.7. The van der Waals surface area contributed by atoms with Gasteiger partial charge in [-0.2, -0.15) is 5.10 Å². The lowest BCUT2D eigenvalue weighted by Gasteiger charge is -2.08. The summed E-state index contributed by atoms with van der Waals surface area (Å²) in [5.41, 5.74) is 5.29. The maximum atomic E-state index is 10.8. The highest BCUT2D eigenvalue weighted by molar-refractivity contribution is 5.99. The van der Waals surface area contributed by atoms with Crippen LogP contribution in [0.5, 0.6) is 5.75 Å². The second-order valence-electron chi connectivity index (χ2n) is 5.05. The van der Waals surface area contributed by atoms with Gasteiger partial charge in [0, 0.05) is 0 Å². The molecule has 0 atom stereocenters. The van der Waals surface area contributed by atoms with E-state index < -0.39 is 5.97 Å². The van der Waals surface area contributed by atoms with Crippen LogP contribution in [0.3, 0.4) is 0 Å². The van der Waals surface area contributed by atoms with Crippen molar-refractivity contribution in [2.45, 2.75) is 20.3 Å². The molecule has 0 aliphatic heterocycles. The second-order valence-corrected chi connectivity index (χ2v) is 5.05. The molecule has 5 nitrogen and oxygen atoms in total. The van der Waals surface area contributed by atoms with Gasteiger partial charge in [-0.15, -0.1) is 0 Å². The molecule has 0 unspecified atom stereocenters. The third kappa shape index (κ3) is 4.85. The van der Waals surface area contributed by atoms with Crippen molar-refractivity contribution in [3.63, 3.8) is 0 Å². The number of carboxylic acids is 1. The number of aromatic carboxylic acids is 1. The number of nitrogens with zero attached hydrogens (tertiary/aromatic N) is 1. The van der Waals surface area contributed by atoms with Gasteiger partial charge in [-0.3, -0.25) is 5.43 Å². The van der Waals surface area contributed by atoms with Crippen molar-refractivity contribution >= 4 is 17.4 Å². The van der Waals surface area contributed by atoms with Crippen LogP contribution >= 0.6 is 0 Å². The Hall–Kier alpha value is -2.82. The van der Waals surface area contributed by atoms with Gasteiger partial charge in [0.05, 0.1) is 24.0 Å². The lowest BCUT2D eigenvalue weighted by molar-refractivity contribution is -0.255. The first-order valence-corrected chi connectivity index (χ1v) is 7.45. The monoisotopic (exact) mass is 311 g/mol. The largest absolute Gasteiger partial charge is 0.545 e. The zero-order valence-corrected chi connectivity index (χ0v) is 13.2. The number of carboxylic acid groups (broad SMARTS) is 1. The predicted molar refractivity (Wildman–Crippen MR) is 88.8 cm³/mol. The number of carbonyl (C=O) groups is 1. The molecule has 2 aromatic carbocycles. The van der Waals surface area contributed by atoms with E-state index in [1.165, 1.54) is 12.1 Å².